The zero-order valence-corrected chi connectivity index (χ0v) is 8.61. The van der Waals surface area contributed by atoms with Crippen molar-refractivity contribution >= 4 is 0 Å². The first-order valence-corrected chi connectivity index (χ1v) is 5.32. The van der Waals surface area contributed by atoms with Crippen LogP contribution in [0.15, 0.2) is 18.6 Å². The van der Waals surface area contributed by atoms with Crippen molar-refractivity contribution in [1.82, 2.24) is 15.3 Å². The predicted octanol–water partition coefficient (Wildman–Crippen LogP) is 1.61. The summed E-state index contributed by atoms with van der Waals surface area (Å²) in [5, 5.41) is 3.43. The van der Waals surface area contributed by atoms with E-state index in [0.717, 1.165) is 30.6 Å². The average Bonchev–Trinajstić information content (AvgIpc) is 3.02. The fourth-order valence-corrected chi connectivity index (χ4v) is 1.68. The zero-order chi connectivity index (χ0) is 9.80. The van der Waals surface area contributed by atoms with E-state index < -0.39 is 0 Å². The predicted molar refractivity (Wildman–Crippen MR) is 55.6 cm³/mol. The van der Waals surface area contributed by atoms with Gasteiger partial charge in [0.25, 0.3) is 0 Å². The summed E-state index contributed by atoms with van der Waals surface area (Å²) in [6.45, 7) is 4.29. The fourth-order valence-electron chi connectivity index (χ4n) is 1.68. The van der Waals surface area contributed by atoms with E-state index in [1.807, 2.05) is 6.07 Å². The molecule has 3 heteroatoms. The third-order valence-corrected chi connectivity index (χ3v) is 2.84. The van der Waals surface area contributed by atoms with E-state index in [4.69, 9.17) is 0 Å². The second-order valence-electron chi connectivity index (χ2n) is 4.15. The highest BCUT2D eigenvalue weighted by atomic mass is 14.9. The van der Waals surface area contributed by atoms with Gasteiger partial charge in [-0.2, -0.15) is 0 Å². The molecule has 1 aromatic rings. The van der Waals surface area contributed by atoms with E-state index in [1.165, 1.54) is 12.8 Å². The molecular formula is C11H17N3. The Morgan fingerprint density at radius 3 is 3.07 bits per heavy atom. The Bertz CT molecular complexity index is 269. The van der Waals surface area contributed by atoms with Crippen LogP contribution in [0.4, 0.5) is 0 Å². The summed E-state index contributed by atoms with van der Waals surface area (Å²) in [6, 6.07) is 1.95. The molecule has 0 amide bonds. The van der Waals surface area contributed by atoms with Gasteiger partial charge in [0.2, 0.25) is 0 Å². The lowest BCUT2D eigenvalue weighted by molar-refractivity contribution is 0.460. The van der Waals surface area contributed by atoms with Gasteiger partial charge in [0.1, 0.15) is 6.33 Å². The zero-order valence-electron chi connectivity index (χ0n) is 8.61. The normalized spacial score (nSPS) is 18.1. The molecule has 0 aromatic carbocycles. The maximum absolute atomic E-state index is 4.16. The summed E-state index contributed by atoms with van der Waals surface area (Å²) in [6.07, 6.45) is 6.24. The van der Waals surface area contributed by atoms with E-state index in [0.29, 0.717) is 0 Å². The van der Waals surface area contributed by atoms with Gasteiger partial charge in [-0.15, -0.1) is 0 Å². The van der Waals surface area contributed by atoms with Crippen molar-refractivity contribution in [1.29, 1.82) is 0 Å². The van der Waals surface area contributed by atoms with E-state index in [2.05, 4.69) is 22.2 Å². The second kappa shape index (κ2) is 4.51. The topological polar surface area (TPSA) is 37.8 Å². The quantitative estimate of drug-likeness (QED) is 0.768. The smallest absolute Gasteiger partial charge is 0.115 e. The second-order valence-corrected chi connectivity index (χ2v) is 4.15. The lowest BCUT2D eigenvalue weighted by Gasteiger charge is -2.10. The third-order valence-electron chi connectivity index (χ3n) is 2.84. The van der Waals surface area contributed by atoms with Crippen molar-refractivity contribution in [2.24, 2.45) is 11.8 Å². The molecule has 2 rings (SSSR count). The van der Waals surface area contributed by atoms with Crippen LogP contribution in [0.3, 0.4) is 0 Å². The molecule has 1 N–H and O–H groups in total. The van der Waals surface area contributed by atoms with Gasteiger partial charge >= 0.3 is 0 Å². The summed E-state index contributed by atoms with van der Waals surface area (Å²) in [4.78, 5) is 8.05. The van der Waals surface area contributed by atoms with Gasteiger partial charge < -0.3 is 5.32 Å². The molecule has 1 saturated carbocycles. The first-order chi connectivity index (χ1) is 6.86. The monoisotopic (exact) mass is 191 g/mol. The maximum Gasteiger partial charge on any atom is 0.115 e. The number of hydrogen-bond donors (Lipinski definition) is 1. The van der Waals surface area contributed by atoms with Gasteiger partial charge in [-0.3, -0.25) is 0 Å². The lowest BCUT2D eigenvalue weighted by atomic mass is 10.1. The van der Waals surface area contributed by atoms with Crippen LogP contribution in [0.2, 0.25) is 0 Å². The van der Waals surface area contributed by atoms with Crippen LogP contribution in [-0.2, 0) is 6.54 Å². The summed E-state index contributed by atoms with van der Waals surface area (Å²) in [5.41, 5.74) is 1.07. The molecule has 1 aromatic heterocycles. The summed E-state index contributed by atoms with van der Waals surface area (Å²) in [7, 11) is 0. The molecule has 1 heterocycles. The van der Waals surface area contributed by atoms with Crippen LogP contribution in [0.5, 0.6) is 0 Å². The molecule has 0 bridgehead atoms. The Hall–Kier alpha value is -0.960. The Kier molecular flexibility index (Phi) is 3.09. The molecule has 0 spiro atoms. The maximum atomic E-state index is 4.16. The van der Waals surface area contributed by atoms with E-state index in [-0.39, 0.29) is 0 Å². The number of nitrogens with zero attached hydrogens (tertiary/aromatic N) is 2. The fraction of sp³-hybridized carbons (Fsp3) is 0.636. The average molecular weight is 191 g/mol. The van der Waals surface area contributed by atoms with Gasteiger partial charge in [-0.25, -0.2) is 9.97 Å². The van der Waals surface area contributed by atoms with Crippen LogP contribution in [0.1, 0.15) is 25.5 Å². The Balaban J connectivity index is 1.67. The van der Waals surface area contributed by atoms with Crippen molar-refractivity contribution in [2.45, 2.75) is 26.3 Å². The van der Waals surface area contributed by atoms with E-state index in [9.17, 15) is 0 Å². The number of aromatic nitrogens is 2. The summed E-state index contributed by atoms with van der Waals surface area (Å²) in [5.74, 6) is 1.80. The van der Waals surface area contributed by atoms with Crippen LogP contribution >= 0.6 is 0 Å². The minimum absolute atomic E-state index is 0.817. The molecule has 1 unspecified atom stereocenters. The van der Waals surface area contributed by atoms with Gasteiger partial charge in [0, 0.05) is 12.7 Å². The number of rotatable bonds is 5. The Morgan fingerprint density at radius 2 is 2.43 bits per heavy atom. The van der Waals surface area contributed by atoms with Crippen molar-refractivity contribution in [3.63, 3.8) is 0 Å². The minimum Gasteiger partial charge on any atom is -0.311 e. The molecule has 0 radical (unpaired) electrons. The SMILES string of the molecule is CC(CNCc1ccncn1)C1CC1. The third kappa shape index (κ3) is 2.77. The number of hydrogen-bond acceptors (Lipinski definition) is 3. The first kappa shape index (κ1) is 9.59. The van der Waals surface area contributed by atoms with Crippen LogP contribution in [0, 0.1) is 11.8 Å². The first-order valence-electron chi connectivity index (χ1n) is 5.32. The largest absolute Gasteiger partial charge is 0.311 e. The summed E-state index contributed by atoms with van der Waals surface area (Å²) >= 11 is 0. The minimum atomic E-state index is 0.817. The Labute approximate surface area is 85.0 Å². The van der Waals surface area contributed by atoms with Crippen LogP contribution in [0.25, 0.3) is 0 Å². The van der Waals surface area contributed by atoms with Crippen molar-refractivity contribution in [2.75, 3.05) is 6.54 Å². The molecule has 1 atom stereocenters. The molecular weight excluding hydrogens is 174 g/mol. The van der Waals surface area contributed by atoms with Crippen molar-refractivity contribution in [3.8, 4) is 0 Å². The van der Waals surface area contributed by atoms with Gasteiger partial charge in [-0.1, -0.05) is 6.92 Å². The molecule has 1 aliphatic carbocycles. The van der Waals surface area contributed by atoms with Crippen LogP contribution < -0.4 is 5.32 Å². The molecule has 0 aliphatic heterocycles. The highest BCUT2D eigenvalue weighted by Gasteiger charge is 2.27. The standard InChI is InChI=1S/C11H17N3/c1-9(10-2-3-10)6-13-7-11-4-5-12-8-14-11/h4-5,8-10,13H,2-3,6-7H2,1H3. The molecule has 0 saturated heterocycles. The molecule has 1 fully saturated rings. The van der Waals surface area contributed by atoms with Gasteiger partial charge in [0.15, 0.2) is 0 Å². The highest BCUT2D eigenvalue weighted by molar-refractivity contribution is 4.97. The van der Waals surface area contributed by atoms with Gasteiger partial charge in [0.05, 0.1) is 5.69 Å². The van der Waals surface area contributed by atoms with Crippen LogP contribution in [-0.4, -0.2) is 16.5 Å². The highest BCUT2D eigenvalue weighted by Crippen LogP contribution is 2.36. The van der Waals surface area contributed by atoms with Crippen molar-refractivity contribution in [3.05, 3.63) is 24.3 Å². The molecule has 3 nitrogen and oxygen atoms in total. The van der Waals surface area contributed by atoms with Crippen molar-refractivity contribution < 1.29 is 0 Å². The van der Waals surface area contributed by atoms with E-state index >= 15 is 0 Å². The lowest BCUT2D eigenvalue weighted by Crippen LogP contribution is -2.22. The van der Waals surface area contributed by atoms with E-state index in [1.54, 1.807) is 12.5 Å². The van der Waals surface area contributed by atoms with Gasteiger partial charge in [-0.05, 0) is 37.3 Å². The summed E-state index contributed by atoms with van der Waals surface area (Å²) < 4.78 is 0. The number of nitrogens with one attached hydrogen (secondary N) is 1. The molecule has 76 valence electrons. The molecule has 14 heavy (non-hydrogen) atoms. The Morgan fingerprint density at radius 1 is 1.57 bits per heavy atom. The molecule has 1 aliphatic rings.